The number of guanidine groups is 1. The van der Waals surface area contributed by atoms with Crippen LogP contribution in [0.2, 0.25) is 0 Å². The monoisotopic (exact) mass is 275 g/mol. The Hall–Kier alpha value is -2.41. The molecular weight excluding hydrogens is 262 g/mol. The van der Waals surface area contributed by atoms with Gasteiger partial charge < -0.3 is 5.73 Å². The minimum Gasteiger partial charge on any atom is -0.368 e. The molecule has 19 heavy (non-hydrogen) atoms. The fourth-order valence-corrected chi connectivity index (χ4v) is 2.05. The van der Waals surface area contributed by atoms with Crippen LogP contribution in [0, 0.1) is 0 Å². The molecule has 0 saturated heterocycles. The van der Waals surface area contributed by atoms with Gasteiger partial charge in [-0.05, 0) is 0 Å². The topological polar surface area (TPSA) is 92.4 Å². The van der Waals surface area contributed by atoms with Crippen molar-refractivity contribution in [3.8, 4) is 11.3 Å². The molecule has 0 radical (unpaired) electrons. The van der Waals surface area contributed by atoms with Crippen LogP contribution in [0.5, 0.6) is 0 Å². The van der Waals surface area contributed by atoms with Gasteiger partial charge in [0.1, 0.15) is 0 Å². The number of aromatic nitrogens is 1. The van der Waals surface area contributed by atoms with Crippen LogP contribution in [0.4, 0.5) is 5.13 Å². The van der Waals surface area contributed by atoms with Crippen molar-refractivity contribution in [1.82, 2.24) is 15.8 Å². The number of benzene rings is 1. The van der Waals surface area contributed by atoms with Crippen molar-refractivity contribution in [2.45, 2.75) is 6.92 Å². The molecule has 1 aromatic heterocycles. The van der Waals surface area contributed by atoms with Gasteiger partial charge in [-0.3, -0.25) is 15.6 Å². The molecule has 6 nitrogen and oxygen atoms in total. The average Bonchev–Trinajstić information content (AvgIpc) is 2.86. The Morgan fingerprint density at radius 2 is 2.05 bits per heavy atom. The number of hydrogen-bond donors (Lipinski definition) is 3. The van der Waals surface area contributed by atoms with E-state index < -0.39 is 0 Å². The lowest BCUT2D eigenvalue weighted by molar-refractivity contribution is -0.119. The second-order valence-corrected chi connectivity index (χ2v) is 4.52. The zero-order valence-electron chi connectivity index (χ0n) is 10.3. The van der Waals surface area contributed by atoms with E-state index in [9.17, 15) is 4.79 Å². The molecule has 1 heterocycles. The molecule has 0 atom stereocenters. The Balaban J connectivity index is 2.09. The van der Waals surface area contributed by atoms with Crippen molar-refractivity contribution in [3.05, 3.63) is 35.7 Å². The maximum Gasteiger partial charge on any atom is 0.235 e. The molecule has 98 valence electrons. The van der Waals surface area contributed by atoms with E-state index in [1.54, 1.807) is 0 Å². The van der Waals surface area contributed by atoms with Crippen molar-refractivity contribution in [2.24, 2.45) is 10.7 Å². The third-order valence-electron chi connectivity index (χ3n) is 2.14. The fraction of sp³-hybridized carbons (Fsp3) is 0.0833. The summed E-state index contributed by atoms with van der Waals surface area (Å²) >= 11 is 1.38. The SMILES string of the molecule is CC(=O)NN/C(N)=N\c1nc(-c2ccccc2)cs1. The summed E-state index contributed by atoms with van der Waals surface area (Å²) in [7, 11) is 0. The summed E-state index contributed by atoms with van der Waals surface area (Å²) in [5.41, 5.74) is 12.3. The van der Waals surface area contributed by atoms with E-state index in [-0.39, 0.29) is 11.9 Å². The van der Waals surface area contributed by atoms with Crippen LogP contribution in [-0.4, -0.2) is 16.9 Å². The van der Waals surface area contributed by atoms with E-state index in [4.69, 9.17) is 5.73 Å². The lowest BCUT2D eigenvalue weighted by atomic mass is 10.2. The van der Waals surface area contributed by atoms with Gasteiger partial charge in [0.2, 0.25) is 17.0 Å². The third-order valence-corrected chi connectivity index (χ3v) is 2.88. The molecule has 7 heteroatoms. The number of amides is 1. The van der Waals surface area contributed by atoms with Crippen molar-refractivity contribution < 1.29 is 4.79 Å². The number of nitrogens with two attached hydrogens (primary N) is 1. The highest BCUT2D eigenvalue weighted by Crippen LogP contribution is 2.26. The first-order valence-electron chi connectivity index (χ1n) is 5.53. The molecule has 0 bridgehead atoms. The predicted octanol–water partition coefficient (Wildman–Crippen LogP) is 1.40. The van der Waals surface area contributed by atoms with Gasteiger partial charge >= 0.3 is 0 Å². The predicted molar refractivity (Wildman–Crippen MR) is 75.8 cm³/mol. The quantitative estimate of drug-likeness (QED) is 0.439. The van der Waals surface area contributed by atoms with E-state index in [0.29, 0.717) is 5.13 Å². The van der Waals surface area contributed by atoms with Crippen LogP contribution in [0.15, 0.2) is 40.7 Å². The summed E-state index contributed by atoms with van der Waals surface area (Å²) in [4.78, 5) is 19.1. The second kappa shape index (κ2) is 5.96. The summed E-state index contributed by atoms with van der Waals surface area (Å²) < 4.78 is 0. The Bertz CT molecular complexity index is 593. The Morgan fingerprint density at radius 3 is 2.74 bits per heavy atom. The molecule has 1 amide bonds. The first-order chi connectivity index (χ1) is 9.15. The number of rotatable bonds is 2. The van der Waals surface area contributed by atoms with Crippen LogP contribution in [0.3, 0.4) is 0 Å². The van der Waals surface area contributed by atoms with Gasteiger partial charge in [-0.15, -0.1) is 11.3 Å². The van der Waals surface area contributed by atoms with Gasteiger partial charge in [0.25, 0.3) is 0 Å². The first kappa shape index (κ1) is 13.0. The normalized spacial score (nSPS) is 11.1. The highest BCUT2D eigenvalue weighted by atomic mass is 32.1. The summed E-state index contributed by atoms with van der Waals surface area (Å²) in [6.07, 6.45) is 0. The van der Waals surface area contributed by atoms with Gasteiger partial charge in [0, 0.05) is 17.9 Å². The molecule has 0 aliphatic heterocycles. The van der Waals surface area contributed by atoms with E-state index in [0.717, 1.165) is 11.3 Å². The molecule has 0 aliphatic rings. The van der Waals surface area contributed by atoms with E-state index >= 15 is 0 Å². The molecule has 2 aromatic rings. The van der Waals surface area contributed by atoms with Crippen molar-refractivity contribution >= 4 is 28.3 Å². The first-order valence-corrected chi connectivity index (χ1v) is 6.41. The second-order valence-electron chi connectivity index (χ2n) is 3.68. The van der Waals surface area contributed by atoms with Gasteiger partial charge in [-0.2, -0.15) is 4.99 Å². The molecule has 0 unspecified atom stereocenters. The minimum atomic E-state index is -0.248. The molecular formula is C12H13N5OS. The van der Waals surface area contributed by atoms with Crippen molar-refractivity contribution in [3.63, 3.8) is 0 Å². The highest BCUT2D eigenvalue weighted by molar-refractivity contribution is 7.13. The molecule has 0 saturated carbocycles. The average molecular weight is 275 g/mol. The smallest absolute Gasteiger partial charge is 0.235 e. The maximum atomic E-state index is 10.7. The van der Waals surface area contributed by atoms with Crippen LogP contribution >= 0.6 is 11.3 Å². The van der Waals surface area contributed by atoms with Crippen LogP contribution < -0.4 is 16.6 Å². The molecule has 0 aliphatic carbocycles. The van der Waals surface area contributed by atoms with Gasteiger partial charge in [-0.25, -0.2) is 4.98 Å². The largest absolute Gasteiger partial charge is 0.368 e. The summed E-state index contributed by atoms with van der Waals surface area (Å²) in [6.45, 7) is 1.37. The zero-order chi connectivity index (χ0) is 13.7. The Labute approximate surface area is 114 Å². The number of thiazole rings is 1. The third kappa shape index (κ3) is 3.78. The Morgan fingerprint density at radius 1 is 1.32 bits per heavy atom. The number of aliphatic imine (C=N–C) groups is 1. The Kier molecular flexibility index (Phi) is 4.09. The number of carbonyl (C=O) groups excluding carboxylic acids is 1. The fourth-order valence-electron chi connectivity index (χ4n) is 1.34. The number of carbonyl (C=O) groups is 1. The summed E-state index contributed by atoms with van der Waals surface area (Å²) in [5, 5.41) is 2.43. The van der Waals surface area contributed by atoms with Crippen molar-refractivity contribution in [2.75, 3.05) is 0 Å². The number of nitrogens with one attached hydrogen (secondary N) is 2. The zero-order valence-corrected chi connectivity index (χ0v) is 11.1. The van der Waals surface area contributed by atoms with Crippen LogP contribution in [0.25, 0.3) is 11.3 Å². The van der Waals surface area contributed by atoms with Gasteiger partial charge in [0.05, 0.1) is 5.69 Å². The van der Waals surface area contributed by atoms with Crippen LogP contribution in [-0.2, 0) is 4.79 Å². The number of nitrogens with zero attached hydrogens (tertiary/aromatic N) is 2. The molecule has 0 fully saturated rings. The standard InChI is InChI=1S/C12H13N5OS/c1-8(18)16-17-11(13)15-12-14-10(7-19-12)9-5-3-2-4-6-9/h2-7H,1H3,(H,16,18)(H3,13,14,15,17). The molecule has 4 N–H and O–H groups in total. The maximum absolute atomic E-state index is 10.7. The number of hydrogen-bond acceptors (Lipinski definition) is 4. The summed E-state index contributed by atoms with van der Waals surface area (Å²) in [6, 6.07) is 9.79. The van der Waals surface area contributed by atoms with Gasteiger partial charge in [-0.1, -0.05) is 30.3 Å². The van der Waals surface area contributed by atoms with E-state index in [1.165, 1.54) is 18.3 Å². The molecule has 0 spiro atoms. The number of hydrazine groups is 1. The lowest BCUT2D eigenvalue weighted by Crippen LogP contribution is -2.44. The van der Waals surface area contributed by atoms with E-state index in [1.807, 2.05) is 35.7 Å². The highest BCUT2D eigenvalue weighted by Gasteiger charge is 2.03. The van der Waals surface area contributed by atoms with Crippen LogP contribution in [0.1, 0.15) is 6.92 Å². The van der Waals surface area contributed by atoms with Gasteiger partial charge in [0.15, 0.2) is 0 Å². The van der Waals surface area contributed by atoms with E-state index in [2.05, 4.69) is 20.8 Å². The minimum absolute atomic E-state index is 0.0872. The lowest BCUT2D eigenvalue weighted by Gasteiger charge is -2.03. The molecule has 2 rings (SSSR count). The summed E-state index contributed by atoms with van der Waals surface area (Å²) in [5.74, 6) is -0.161. The molecule has 1 aromatic carbocycles. The van der Waals surface area contributed by atoms with Crippen molar-refractivity contribution in [1.29, 1.82) is 0 Å².